The van der Waals surface area contributed by atoms with Gasteiger partial charge in [-0.15, -0.1) is 0 Å². The van der Waals surface area contributed by atoms with Crippen LogP contribution in [0.2, 0.25) is 0 Å². The summed E-state index contributed by atoms with van der Waals surface area (Å²) in [6.07, 6.45) is 0.931. The lowest BCUT2D eigenvalue weighted by Crippen LogP contribution is -2.56. The molecule has 8 heteroatoms. The van der Waals surface area contributed by atoms with Crippen molar-refractivity contribution in [1.82, 2.24) is 16.0 Å². The van der Waals surface area contributed by atoms with E-state index in [1.54, 1.807) is 0 Å². The van der Waals surface area contributed by atoms with Gasteiger partial charge in [-0.1, -0.05) is 50.6 Å². The van der Waals surface area contributed by atoms with E-state index in [0.29, 0.717) is 12.8 Å². The minimum atomic E-state index is -0.839. The van der Waals surface area contributed by atoms with Crippen molar-refractivity contribution in [2.45, 2.75) is 45.7 Å². The Hall–Kier alpha value is -2.90. The molecule has 0 aromatic heterocycles. The first-order valence-corrected chi connectivity index (χ1v) is 8.92. The molecule has 1 aromatic rings. The van der Waals surface area contributed by atoms with Crippen LogP contribution in [0.3, 0.4) is 0 Å². The van der Waals surface area contributed by atoms with Crippen molar-refractivity contribution in [3.8, 4) is 0 Å². The first kappa shape index (κ1) is 22.1. The van der Waals surface area contributed by atoms with E-state index in [9.17, 15) is 19.2 Å². The molecule has 0 radical (unpaired) electrons. The van der Waals surface area contributed by atoms with Gasteiger partial charge in [-0.3, -0.25) is 19.2 Å². The van der Waals surface area contributed by atoms with Crippen LogP contribution in [0.25, 0.3) is 0 Å². The second-order valence-corrected chi connectivity index (χ2v) is 6.50. The van der Waals surface area contributed by atoms with Gasteiger partial charge in [-0.25, -0.2) is 0 Å². The minimum Gasteiger partial charge on any atom is -0.368 e. The van der Waals surface area contributed by atoms with Crippen LogP contribution in [0.4, 0.5) is 0 Å². The molecule has 0 spiro atoms. The summed E-state index contributed by atoms with van der Waals surface area (Å²) in [5.41, 5.74) is 5.93. The summed E-state index contributed by atoms with van der Waals surface area (Å²) in [5.74, 6) is -2.13. The molecule has 3 unspecified atom stereocenters. The summed E-state index contributed by atoms with van der Waals surface area (Å²) < 4.78 is 0. The van der Waals surface area contributed by atoms with Gasteiger partial charge in [0.25, 0.3) is 0 Å². The fraction of sp³-hybridized carbons (Fsp3) is 0.474. The number of nitrogens with two attached hydrogens (primary N) is 1. The van der Waals surface area contributed by atoms with Crippen molar-refractivity contribution < 1.29 is 19.2 Å². The van der Waals surface area contributed by atoms with Crippen molar-refractivity contribution in [3.05, 3.63) is 35.9 Å². The summed E-state index contributed by atoms with van der Waals surface area (Å²) in [4.78, 5) is 47.5. The molecule has 8 nitrogen and oxygen atoms in total. The SMILES string of the molecule is CCC(C)C(NC(=O)C(Cc1ccccc1)NC(C)=O)C(=O)NCC(N)=O. The highest BCUT2D eigenvalue weighted by Crippen LogP contribution is 2.10. The predicted molar refractivity (Wildman–Crippen MR) is 101 cm³/mol. The molecule has 0 saturated carbocycles. The average Bonchev–Trinajstić information content (AvgIpc) is 2.63. The van der Waals surface area contributed by atoms with Gasteiger partial charge in [0.05, 0.1) is 6.54 Å². The molecule has 0 aliphatic carbocycles. The third-order valence-corrected chi connectivity index (χ3v) is 4.21. The first-order chi connectivity index (χ1) is 12.7. The summed E-state index contributed by atoms with van der Waals surface area (Å²) in [7, 11) is 0. The first-order valence-electron chi connectivity index (χ1n) is 8.92. The molecule has 4 amide bonds. The molecule has 0 saturated heterocycles. The lowest BCUT2D eigenvalue weighted by Gasteiger charge is -2.26. The number of amides is 4. The lowest BCUT2D eigenvalue weighted by molar-refractivity contribution is -0.133. The van der Waals surface area contributed by atoms with Crippen LogP contribution in [0, 0.1) is 5.92 Å². The highest BCUT2D eigenvalue weighted by atomic mass is 16.2. The van der Waals surface area contributed by atoms with Crippen molar-refractivity contribution in [2.75, 3.05) is 6.54 Å². The van der Waals surface area contributed by atoms with Crippen molar-refractivity contribution >= 4 is 23.6 Å². The van der Waals surface area contributed by atoms with Crippen LogP contribution in [-0.2, 0) is 25.6 Å². The normalized spacial score (nSPS) is 13.7. The van der Waals surface area contributed by atoms with Gasteiger partial charge >= 0.3 is 0 Å². The number of hydrogen-bond donors (Lipinski definition) is 4. The summed E-state index contributed by atoms with van der Waals surface area (Å²) >= 11 is 0. The second kappa shape index (κ2) is 10.9. The van der Waals surface area contributed by atoms with Gasteiger partial charge in [-0.2, -0.15) is 0 Å². The Morgan fingerprint density at radius 3 is 2.19 bits per heavy atom. The van der Waals surface area contributed by atoms with Crippen LogP contribution >= 0.6 is 0 Å². The van der Waals surface area contributed by atoms with Crippen LogP contribution in [0.1, 0.15) is 32.8 Å². The molecular formula is C19H28N4O4. The molecule has 0 bridgehead atoms. The quantitative estimate of drug-likeness (QED) is 0.453. The third-order valence-electron chi connectivity index (χ3n) is 4.21. The van der Waals surface area contributed by atoms with Gasteiger partial charge in [0, 0.05) is 13.3 Å². The zero-order chi connectivity index (χ0) is 20.4. The average molecular weight is 376 g/mol. The number of benzene rings is 1. The maximum Gasteiger partial charge on any atom is 0.243 e. The van der Waals surface area contributed by atoms with E-state index >= 15 is 0 Å². The van der Waals surface area contributed by atoms with Gasteiger partial charge < -0.3 is 21.7 Å². The smallest absolute Gasteiger partial charge is 0.243 e. The molecular weight excluding hydrogens is 348 g/mol. The van der Waals surface area contributed by atoms with E-state index in [1.807, 2.05) is 44.2 Å². The molecule has 27 heavy (non-hydrogen) atoms. The fourth-order valence-corrected chi connectivity index (χ4v) is 2.54. The third kappa shape index (κ3) is 7.89. The Morgan fingerprint density at radius 2 is 1.67 bits per heavy atom. The Balaban J connectivity index is 2.90. The zero-order valence-electron chi connectivity index (χ0n) is 16.0. The summed E-state index contributed by atoms with van der Waals surface area (Å²) in [6, 6.07) is 7.60. The monoisotopic (exact) mass is 376 g/mol. The minimum absolute atomic E-state index is 0.170. The molecule has 1 rings (SSSR count). The number of hydrogen-bond acceptors (Lipinski definition) is 4. The molecule has 0 aliphatic heterocycles. The molecule has 5 N–H and O–H groups in total. The van der Waals surface area contributed by atoms with Crippen molar-refractivity contribution in [1.29, 1.82) is 0 Å². The van der Waals surface area contributed by atoms with Gasteiger partial charge in [0.2, 0.25) is 23.6 Å². The van der Waals surface area contributed by atoms with E-state index in [0.717, 1.165) is 5.56 Å². The zero-order valence-corrected chi connectivity index (χ0v) is 16.0. The fourth-order valence-electron chi connectivity index (χ4n) is 2.54. The van der Waals surface area contributed by atoms with Crippen LogP contribution < -0.4 is 21.7 Å². The molecule has 1 aromatic carbocycles. The molecule has 0 fully saturated rings. The van der Waals surface area contributed by atoms with Gasteiger partial charge in [0.1, 0.15) is 12.1 Å². The highest BCUT2D eigenvalue weighted by molar-refractivity contribution is 5.93. The number of rotatable bonds is 10. The van der Waals surface area contributed by atoms with Gasteiger partial charge in [-0.05, 0) is 11.5 Å². The lowest BCUT2D eigenvalue weighted by atomic mass is 9.97. The Bertz CT molecular complexity index is 663. The van der Waals surface area contributed by atoms with Crippen molar-refractivity contribution in [3.63, 3.8) is 0 Å². The Kier molecular flexibility index (Phi) is 8.98. The van der Waals surface area contributed by atoms with Crippen LogP contribution in [0.15, 0.2) is 30.3 Å². The molecule has 148 valence electrons. The Labute approximate surface area is 159 Å². The topological polar surface area (TPSA) is 130 Å². The number of carbonyl (C=O) groups excluding carboxylic acids is 4. The van der Waals surface area contributed by atoms with Crippen LogP contribution in [0.5, 0.6) is 0 Å². The summed E-state index contributed by atoms with van der Waals surface area (Å²) in [5, 5.41) is 7.74. The highest BCUT2D eigenvalue weighted by Gasteiger charge is 2.29. The standard InChI is InChI=1S/C19H28N4O4/c1-4-12(2)17(19(27)21-11-16(20)25)23-18(26)15(22-13(3)24)10-14-8-6-5-7-9-14/h5-9,12,15,17H,4,10-11H2,1-3H3,(H2,20,25)(H,21,27)(H,22,24)(H,23,26). The van der Waals surface area contributed by atoms with Crippen LogP contribution in [-0.4, -0.2) is 42.3 Å². The predicted octanol–water partition coefficient (Wildman–Crippen LogP) is -0.134. The molecule has 3 atom stereocenters. The number of nitrogens with one attached hydrogen (secondary N) is 3. The number of primary amides is 1. The van der Waals surface area contributed by atoms with E-state index < -0.39 is 29.8 Å². The number of carbonyl (C=O) groups is 4. The van der Waals surface area contributed by atoms with E-state index in [2.05, 4.69) is 16.0 Å². The maximum absolute atomic E-state index is 12.8. The van der Waals surface area contributed by atoms with E-state index in [1.165, 1.54) is 6.92 Å². The van der Waals surface area contributed by atoms with E-state index in [4.69, 9.17) is 5.73 Å². The largest absolute Gasteiger partial charge is 0.368 e. The van der Waals surface area contributed by atoms with Crippen molar-refractivity contribution in [2.24, 2.45) is 11.7 Å². The van der Waals surface area contributed by atoms with E-state index in [-0.39, 0.29) is 18.4 Å². The molecule has 0 heterocycles. The summed E-state index contributed by atoms with van der Waals surface area (Å²) in [6.45, 7) is 4.73. The molecule has 0 aliphatic rings. The van der Waals surface area contributed by atoms with Gasteiger partial charge in [0.15, 0.2) is 0 Å². The maximum atomic E-state index is 12.8. The second-order valence-electron chi connectivity index (χ2n) is 6.50. The Morgan fingerprint density at radius 1 is 1.04 bits per heavy atom.